The molecule has 0 saturated heterocycles. The number of hydrogen-bond donors (Lipinski definition) is 1. The molecule has 8 heteroatoms. The van der Waals surface area contributed by atoms with Crippen LogP contribution < -0.4 is 14.3 Å². The second-order valence-electron chi connectivity index (χ2n) is 6.10. The Labute approximate surface area is 162 Å². The number of benzene rings is 2. The van der Waals surface area contributed by atoms with Gasteiger partial charge in [0, 0.05) is 12.6 Å². The molecule has 1 heterocycles. The van der Waals surface area contributed by atoms with Gasteiger partial charge in [0.25, 0.3) is 0 Å². The van der Waals surface area contributed by atoms with Gasteiger partial charge < -0.3 is 4.74 Å². The maximum Gasteiger partial charge on any atom is 0.308 e. The topological polar surface area (TPSA) is 77.4 Å². The molecule has 2 aromatic carbocycles. The van der Waals surface area contributed by atoms with Crippen LogP contribution in [0.3, 0.4) is 0 Å². The van der Waals surface area contributed by atoms with E-state index in [1.54, 1.807) is 29.9 Å². The van der Waals surface area contributed by atoms with Crippen molar-refractivity contribution in [2.45, 2.75) is 37.8 Å². The highest BCUT2D eigenvalue weighted by atomic mass is 32.2. The molecule has 0 aliphatic rings. The molecule has 3 aromatic rings. The van der Waals surface area contributed by atoms with E-state index in [2.05, 4.69) is 4.72 Å². The van der Waals surface area contributed by atoms with E-state index in [1.165, 1.54) is 0 Å². The summed E-state index contributed by atoms with van der Waals surface area (Å²) in [5.41, 5.74) is 1.62. The van der Waals surface area contributed by atoms with E-state index in [9.17, 15) is 13.2 Å². The first-order valence-corrected chi connectivity index (χ1v) is 11.0. The lowest BCUT2D eigenvalue weighted by Gasteiger charge is -2.18. The van der Waals surface area contributed by atoms with E-state index in [0.29, 0.717) is 17.7 Å². The van der Waals surface area contributed by atoms with Crippen LogP contribution in [0.2, 0.25) is 0 Å². The molecule has 0 amide bonds. The third-order valence-corrected chi connectivity index (χ3v) is 6.90. The van der Waals surface area contributed by atoms with Crippen LogP contribution in [0.5, 0.6) is 5.75 Å². The molecule has 0 aliphatic heterocycles. The number of thiazole rings is 1. The lowest BCUT2D eigenvalue weighted by atomic mass is 10.1. The third kappa shape index (κ3) is 3.92. The molecule has 6 nitrogen and oxygen atoms in total. The Balaban J connectivity index is 1.92. The van der Waals surface area contributed by atoms with E-state index in [-0.39, 0.29) is 15.8 Å². The van der Waals surface area contributed by atoms with Crippen LogP contribution in [0.1, 0.15) is 31.9 Å². The fourth-order valence-corrected chi connectivity index (χ4v) is 5.39. The van der Waals surface area contributed by atoms with Crippen molar-refractivity contribution in [3.63, 3.8) is 0 Å². The summed E-state index contributed by atoms with van der Waals surface area (Å²) in [6, 6.07) is 11.8. The van der Waals surface area contributed by atoms with Gasteiger partial charge in [0.15, 0.2) is 0 Å². The summed E-state index contributed by atoms with van der Waals surface area (Å²) in [4.78, 5) is 12.1. The Morgan fingerprint density at radius 3 is 2.44 bits per heavy atom. The number of aryl methyl sites for hydroxylation is 1. The van der Waals surface area contributed by atoms with Crippen LogP contribution in [0, 0.1) is 0 Å². The van der Waals surface area contributed by atoms with Crippen molar-refractivity contribution < 1.29 is 13.2 Å². The average molecular weight is 407 g/mol. The summed E-state index contributed by atoms with van der Waals surface area (Å²) in [6.07, 6.45) is 0.605. The zero-order valence-electron chi connectivity index (χ0n) is 15.4. The Hall–Kier alpha value is -2.16. The van der Waals surface area contributed by atoms with Crippen molar-refractivity contribution in [1.29, 1.82) is 0 Å². The highest BCUT2D eigenvalue weighted by Crippen LogP contribution is 2.25. The van der Waals surface area contributed by atoms with Gasteiger partial charge in [-0.2, -0.15) is 0 Å². The lowest BCUT2D eigenvalue weighted by molar-refractivity contribution is 0.414. The molecule has 1 aromatic heterocycles. The lowest BCUT2D eigenvalue weighted by Crippen LogP contribution is -2.28. The molecule has 1 N–H and O–H groups in total. The Morgan fingerprint density at radius 1 is 1.15 bits per heavy atom. The van der Waals surface area contributed by atoms with Gasteiger partial charge in [0.05, 0.1) is 22.2 Å². The highest BCUT2D eigenvalue weighted by molar-refractivity contribution is 7.89. The van der Waals surface area contributed by atoms with E-state index < -0.39 is 10.0 Å². The number of methoxy groups -OCH3 is 1. The number of fused-ring (bicyclic) bond motifs is 1. The smallest absolute Gasteiger partial charge is 0.308 e. The summed E-state index contributed by atoms with van der Waals surface area (Å²) in [5, 5.41) is 0. The molecule has 27 heavy (non-hydrogen) atoms. The monoisotopic (exact) mass is 406 g/mol. The molecule has 0 saturated carbocycles. The normalized spacial score (nSPS) is 13.0. The molecular formula is C19H22N2O4S2. The van der Waals surface area contributed by atoms with Gasteiger partial charge in [-0.1, -0.05) is 30.4 Å². The fourth-order valence-electron chi connectivity index (χ4n) is 2.99. The summed E-state index contributed by atoms with van der Waals surface area (Å²) in [7, 11) is -2.13. The van der Waals surface area contributed by atoms with Crippen LogP contribution in [0.15, 0.2) is 52.2 Å². The summed E-state index contributed by atoms with van der Waals surface area (Å²) >= 11 is 1.06. The number of ether oxygens (including phenoxy) is 1. The third-order valence-electron chi connectivity index (χ3n) is 4.49. The van der Waals surface area contributed by atoms with Gasteiger partial charge in [-0.3, -0.25) is 9.36 Å². The van der Waals surface area contributed by atoms with Crippen molar-refractivity contribution in [2.24, 2.45) is 0 Å². The number of sulfonamides is 1. The highest BCUT2D eigenvalue weighted by Gasteiger charge is 2.21. The van der Waals surface area contributed by atoms with Crippen molar-refractivity contribution in [2.75, 3.05) is 7.11 Å². The van der Waals surface area contributed by atoms with Gasteiger partial charge >= 0.3 is 4.87 Å². The molecule has 1 atom stereocenters. The first-order valence-electron chi connectivity index (χ1n) is 8.69. The average Bonchev–Trinajstić information content (AvgIpc) is 3.00. The molecular weight excluding hydrogens is 384 g/mol. The van der Waals surface area contributed by atoms with Crippen LogP contribution in [0.25, 0.3) is 10.2 Å². The maximum atomic E-state index is 12.9. The minimum atomic E-state index is -3.72. The van der Waals surface area contributed by atoms with Gasteiger partial charge in [-0.05, 0) is 49.2 Å². The van der Waals surface area contributed by atoms with Gasteiger partial charge in [-0.15, -0.1) is 0 Å². The molecule has 0 bridgehead atoms. The zero-order chi connectivity index (χ0) is 19.6. The molecule has 0 fully saturated rings. The summed E-state index contributed by atoms with van der Waals surface area (Å²) < 4.78 is 36.0. The quantitative estimate of drug-likeness (QED) is 0.651. The number of aromatic nitrogens is 1. The standard InChI is InChI=1S/C19H22N2O4S2/c1-4-16(13-6-8-14(25-3)9-7-13)20-27(23,24)15-10-11-17-18(12-15)26-19(22)21(17)5-2/h6-12,16,20H,4-5H2,1-3H3. The van der Waals surface area contributed by atoms with E-state index in [0.717, 1.165) is 28.2 Å². The first kappa shape index (κ1) is 19.6. The van der Waals surface area contributed by atoms with Crippen LogP contribution in [-0.4, -0.2) is 20.1 Å². The second-order valence-corrected chi connectivity index (χ2v) is 8.80. The zero-order valence-corrected chi connectivity index (χ0v) is 17.1. The predicted molar refractivity (Wildman–Crippen MR) is 108 cm³/mol. The van der Waals surface area contributed by atoms with E-state index >= 15 is 0 Å². The van der Waals surface area contributed by atoms with Crippen molar-refractivity contribution in [1.82, 2.24) is 9.29 Å². The summed E-state index contributed by atoms with van der Waals surface area (Å²) in [6.45, 7) is 4.37. The largest absolute Gasteiger partial charge is 0.497 e. The van der Waals surface area contributed by atoms with Crippen molar-refractivity contribution in [3.8, 4) is 5.75 Å². The fraction of sp³-hybridized carbons (Fsp3) is 0.316. The molecule has 0 spiro atoms. The maximum absolute atomic E-state index is 12.9. The molecule has 0 aliphatic carbocycles. The SMILES string of the molecule is CCC(NS(=O)(=O)c1ccc2c(c1)sc(=O)n2CC)c1ccc(OC)cc1. The predicted octanol–water partition coefficient (Wildman–Crippen LogP) is 3.52. The molecule has 144 valence electrons. The van der Waals surface area contributed by atoms with Gasteiger partial charge in [0.1, 0.15) is 5.75 Å². The minimum absolute atomic E-state index is 0.0836. The summed E-state index contributed by atoms with van der Waals surface area (Å²) in [5.74, 6) is 0.720. The minimum Gasteiger partial charge on any atom is -0.497 e. The van der Waals surface area contributed by atoms with Crippen LogP contribution in [-0.2, 0) is 16.6 Å². The van der Waals surface area contributed by atoms with Gasteiger partial charge in [-0.25, -0.2) is 13.1 Å². The second kappa shape index (κ2) is 7.84. The molecule has 1 unspecified atom stereocenters. The number of nitrogens with zero attached hydrogens (tertiary/aromatic N) is 1. The number of nitrogens with one attached hydrogen (secondary N) is 1. The molecule has 3 rings (SSSR count). The molecule has 0 radical (unpaired) electrons. The van der Waals surface area contributed by atoms with Crippen LogP contribution >= 0.6 is 11.3 Å². The Morgan fingerprint density at radius 2 is 1.85 bits per heavy atom. The van der Waals surface area contributed by atoms with E-state index in [4.69, 9.17) is 4.74 Å². The Kier molecular flexibility index (Phi) is 5.69. The van der Waals surface area contributed by atoms with E-state index in [1.807, 2.05) is 38.1 Å². The van der Waals surface area contributed by atoms with Crippen molar-refractivity contribution >= 4 is 31.6 Å². The van der Waals surface area contributed by atoms with Gasteiger partial charge in [0.2, 0.25) is 10.0 Å². The Bertz CT molecular complexity index is 1100. The number of rotatable bonds is 7. The first-order chi connectivity index (χ1) is 12.9. The number of hydrogen-bond acceptors (Lipinski definition) is 5. The van der Waals surface area contributed by atoms with Crippen LogP contribution in [0.4, 0.5) is 0 Å². The van der Waals surface area contributed by atoms with Crippen molar-refractivity contribution in [3.05, 3.63) is 57.7 Å².